The lowest BCUT2D eigenvalue weighted by molar-refractivity contribution is -0.384. The predicted octanol–water partition coefficient (Wildman–Crippen LogP) is 0.770. The van der Waals surface area contributed by atoms with Crippen molar-refractivity contribution < 1.29 is 4.92 Å². The van der Waals surface area contributed by atoms with Gasteiger partial charge >= 0.3 is 5.69 Å². The number of aromatic nitrogens is 4. The van der Waals surface area contributed by atoms with Crippen LogP contribution in [0.3, 0.4) is 0 Å². The van der Waals surface area contributed by atoms with Crippen LogP contribution in [0.5, 0.6) is 0 Å². The summed E-state index contributed by atoms with van der Waals surface area (Å²) < 4.78 is 1.21. The highest BCUT2D eigenvalue weighted by atomic mass is 16.6. The maximum atomic E-state index is 10.8. The molecule has 2 aromatic rings. The van der Waals surface area contributed by atoms with Gasteiger partial charge in [-0.05, 0) is 26.0 Å². The second-order valence-electron chi connectivity index (χ2n) is 3.52. The van der Waals surface area contributed by atoms with Crippen LogP contribution in [-0.2, 0) is 0 Å². The molecule has 0 fully saturated rings. The molecule has 0 bridgehead atoms. The molecule has 0 aliphatic heterocycles. The van der Waals surface area contributed by atoms with Gasteiger partial charge in [-0.3, -0.25) is 10.1 Å². The zero-order valence-corrected chi connectivity index (χ0v) is 9.28. The van der Waals surface area contributed by atoms with Crippen molar-refractivity contribution in [3.05, 3.63) is 33.6 Å². The summed E-state index contributed by atoms with van der Waals surface area (Å²) in [5.74, 6) is 0.301. The molecular formula is C9H10N6O2. The number of hydrogen-bond acceptors (Lipinski definition) is 6. The van der Waals surface area contributed by atoms with E-state index in [-0.39, 0.29) is 17.2 Å². The number of rotatable bonds is 2. The second-order valence-corrected chi connectivity index (χ2v) is 3.52. The molecule has 0 aliphatic rings. The van der Waals surface area contributed by atoms with Crippen LogP contribution in [0.2, 0.25) is 0 Å². The van der Waals surface area contributed by atoms with Crippen LogP contribution in [0.4, 0.5) is 11.5 Å². The maximum absolute atomic E-state index is 10.8. The van der Waals surface area contributed by atoms with Gasteiger partial charge in [-0.1, -0.05) is 0 Å². The average molecular weight is 234 g/mol. The van der Waals surface area contributed by atoms with Gasteiger partial charge in [-0.25, -0.2) is 0 Å². The lowest BCUT2D eigenvalue weighted by Gasteiger charge is -2.00. The molecule has 8 nitrogen and oxygen atoms in total. The molecule has 0 saturated heterocycles. The van der Waals surface area contributed by atoms with E-state index in [4.69, 9.17) is 5.73 Å². The van der Waals surface area contributed by atoms with Crippen molar-refractivity contribution in [1.82, 2.24) is 20.0 Å². The standard InChI is InChI=1S/C9H10N6O2/c1-5-3-4-7(12-11-5)14-9(10)8(15(16)17)6(2)13-14/h3-4H,10H2,1-2H3. The molecule has 2 rings (SSSR count). The smallest absolute Gasteiger partial charge is 0.333 e. The number of aryl methyl sites for hydroxylation is 2. The lowest BCUT2D eigenvalue weighted by atomic mass is 10.4. The summed E-state index contributed by atoms with van der Waals surface area (Å²) >= 11 is 0. The van der Waals surface area contributed by atoms with E-state index in [0.717, 1.165) is 5.69 Å². The van der Waals surface area contributed by atoms with Gasteiger partial charge < -0.3 is 5.73 Å². The first-order valence-electron chi connectivity index (χ1n) is 4.81. The van der Waals surface area contributed by atoms with Gasteiger partial charge in [0.2, 0.25) is 5.82 Å². The Balaban J connectivity index is 2.57. The Morgan fingerprint density at radius 3 is 2.53 bits per heavy atom. The summed E-state index contributed by atoms with van der Waals surface area (Å²) in [5, 5.41) is 22.5. The first-order chi connectivity index (χ1) is 8.00. The lowest BCUT2D eigenvalue weighted by Crippen LogP contribution is -2.06. The van der Waals surface area contributed by atoms with Gasteiger partial charge in [0.1, 0.15) is 5.69 Å². The van der Waals surface area contributed by atoms with Gasteiger partial charge in [0.15, 0.2) is 5.82 Å². The molecule has 0 unspecified atom stereocenters. The van der Waals surface area contributed by atoms with Gasteiger partial charge in [0, 0.05) is 0 Å². The Kier molecular flexibility index (Phi) is 2.47. The van der Waals surface area contributed by atoms with Crippen molar-refractivity contribution in [2.75, 3.05) is 5.73 Å². The topological polar surface area (TPSA) is 113 Å². The van der Waals surface area contributed by atoms with E-state index >= 15 is 0 Å². The molecule has 88 valence electrons. The predicted molar refractivity (Wildman–Crippen MR) is 59.7 cm³/mol. The Hall–Kier alpha value is -2.51. The number of nitro groups is 1. The Labute approximate surface area is 96.2 Å². The van der Waals surface area contributed by atoms with Gasteiger partial charge in [0.25, 0.3) is 0 Å². The van der Waals surface area contributed by atoms with Crippen LogP contribution in [-0.4, -0.2) is 24.9 Å². The van der Waals surface area contributed by atoms with Crippen molar-refractivity contribution in [2.24, 2.45) is 0 Å². The SMILES string of the molecule is Cc1ccc(-n2nc(C)c([N+](=O)[O-])c2N)nn1. The Morgan fingerprint density at radius 2 is 2.06 bits per heavy atom. The molecule has 17 heavy (non-hydrogen) atoms. The molecule has 2 heterocycles. The zero-order chi connectivity index (χ0) is 12.6. The maximum Gasteiger partial charge on any atom is 0.333 e. The Bertz CT molecular complexity index is 574. The first kappa shape index (κ1) is 11.0. The van der Waals surface area contributed by atoms with Crippen molar-refractivity contribution in [3.8, 4) is 5.82 Å². The molecule has 2 aromatic heterocycles. The monoisotopic (exact) mass is 234 g/mol. The molecule has 0 amide bonds. The van der Waals surface area contributed by atoms with Crippen LogP contribution in [0.1, 0.15) is 11.4 Å². The van der Waals surface area contributed by atoms with Crippen molar-refractivity contribution in [3.63, 3.8) is 0 Å². The highest BCUT2D eigenvalue weighted by Gasteiger charge is 2.24. The summed E-state index contributed by atoms with van der Waals surface area (Å²) in [4.78, 5) is 10.2. The summed E-state index contributed by atoms with van der Waals surface area (Å²) in [5.41, 5.74) is 6.45. The van der Waals surface area contributed by atoms with E-state index in [1.54, 1.807) is 19.1 Å². The highest BCUT2D eigenvalue weighted by Crippen LogP contribution is 2.26. The molecule has 0 radical (unpaired) electrons. The normalized spacial score (nSPS) is 10.5. The van der Waals surface area contributed by atoms with Gasteiger partial charge in [-0.2, -0.15) is 14.9 Å². The highest BCUT2D eigenvalue weighted by molar-refractivity contribution is 5.58. The molecular weight excluding hydrogens is 224 g/mol. The molecule has 0 aliphatic carbocycles. The molecule has 0 aromatic carbocycles. The second kappa shape index (κ2) is 3.81. The van der Waals surface area contributed by atoms with Crippen LogP contribution in [0.25, 0.3) is 5.82 Å². The number of hydrogen-bond donors (Lipinski definition) is 1. The first-order valence-corrected chi connectivity index (χ1v) is 4.81. The van der Waals surface area contributed by atoms with Gasteiger partial charge in [0.05, 0.1) is 10.6 Å². The molecule has 8 heteroatoms. The molecule has 2 N–H and O–H groups in total. The summed E-state index contributed by atoms with van der Waals surface area (Å²) in [6.07, 6.45) is 0. The minimum absolute atomic E-state index is 0.0503. The third-order valence-corrected chi connectivity index (χ3v) is 2.25. The van der Waals surface area contributed by atoms with Gasteiger partial charge in [-0.15, -0.1) is 5.10 Å². The average Bonchev–Trinajstić information content (AvgIpc) is 2.55. The quantitative estimate of drug-likeness (QED) is 0.606. The van der Waals surface area contributed by atoms with Crippen LogP contribution in [0.15, 0.2) is 12.1 Å². The van der Waals surface area contributed by atoms with Crippen LogP contribution < -0.4 is 5.73 Å². The molecule has 0 spiro atoms. The minimum Gasteiger partial charge on any atom is -0.378 e. The van der Waals surface area contributed by atoms with E-state index in [9.17, 15) is 10.1 Å². The van der Waals surface area contributed by atoms with E-state index in [0.29, 0.717) is 5.82 Å². The number of nitrogens with zero attached hydrogens (tertiary/aromatic N) is 5. The van der Waals surface area contributed by atoms with E-state index in [2.05, 4.69) is 15.3 Å². The third-order valence-electron chi connectivity index (χ3n) is 2.25. The summed E-state index contributed by atoms with van der Waals surface area (Å²) in [7, 11) is 0. The fourth-order valence-corrected chi connectivity index (χ4v) is 1.44. The third kappa shape index (κ3) is 1.80. The van der Waals surface area contributed by atoms with Crippen molar-refractivity contribution in [1.29, 1.82) is 0 Å². The summed E-state index contributed by atoms with van der Waals surface area (Å²) in [6, 6.07) is 3.37. The van der Waals surface area contributed by atoms with Crippen LogP contribution >= 0.6 is 0 Å². The van der Waals surface area contributed by atoms with Crippen LogP contribution in [0, 0.1) is 24.0 Å². The van der Waals surface area contributed by atoms with E-state index < -0.39 is 4.92 Å². The number of nitrogen functional groups attached to an aromatic ring is 1. The number of anilines is 1. The largest absolute Gasteiger partial charge is 0.378 e. The zero-order valence-electron chi connectivity index (χ0n) is 9.28. The van der Waals surface area contributed by atoms with E-state index in [1.165, 1.54) is 11.6 Å². The molecule has 0 atom stereocenters. The Morgan fingerprint density at radius 1 is 1.35 bits per heavy atom. The fourth-order valence-electron chi connectivity index (χ4n) is 1.44. The molecule has 0 saturated carbocycles. The van der Waals surface area contributed by atoms with Crippen molar-refractivity contribution in [2.45, 2.75) is 13.8 Å². The summed E-state index contributed by atoms with van der Waals surface area (Å²) in [6.45, 7) is 3.31. The van der Waals surface area contributed by atoms with Crippen molar-refractivity contribution >= 4 is 11.5 Å². The fraction of sp³-hybridized carbons (Fsp3) is 0.222. The van der Waals surface area contributed by atoms with E-state index in [1.807, 2.05) is 0 Å². The number of nitrogens with two attached hydrogens (primary N) is 1. The minimum atomic E-state index is -0.560.